The first-order chi connectivity index (χ1) is 15.6. The summed E-state index contributed by atoms with van der Waals surface area (Å²) in [5.41, 5.74) is 2.18. The first-order valence-corrected chi connectivity index (χ1v) is 10.8. The van der Waals surface area contributed by atoms with Crippen LogP contribution in [0.1, 0.15) is 32.1 Å². The number of amides is 1. The number of aromatic nitrogens is 5. The zero-order chi connectivity index (χ0) is 22.5. The van der Waals surface area contributed by atoms with Crippen molar-refractivity contribution < 1.29 is 9.53 Å². The van der Waals surface area contributed by atoms with Crippen LogP contribution in [0.3, 0.4) is 0 Å². The molecule has 0 aliphatic heterocycles. The van der Waals surface area contributed by atoms with Crippen LogP contribution in [-0.4, -0.2) is 51.1 Å². The van der Waals surface area contributed by atoms with E-state index in [1.807, 2.05) is 12.1 Å². The molecule has 168 valence electrons. The summed E-state index contributed by atoms with van der Waals surface area (Å²) in [5, 5.41) is 5.41. The van der Waals surface area contributed by atoms with Gasteiger partial charge < -0.3 is 15.4 Å². The van der Waals surface area contributed by atoms with Gasteiger partial charge in [-0.15, -0.1) is 0 Å². The smallest absolute Gasteiger partial charge is 0.316 e. The van der Waals surface area contributed by atoms with E-state index in [0.717, 1.165) is 12.8 Å². The van der Waals surface area contributed by atoms with Crippen molar-refractivity contribution >= 4 is 22.9 Å². The number of carbonyl (C=O) groups is 1. The van der Waals surface area contributed by atoms with E-state index >= 15 is 0 Å². The molecule has 1 aliphatic carbocycles. The van der Waals surface area contributed by atoms with Crippen molar-refractivity contribution in [2.24, 2.45) is 5.92 Å². The second-order valence-corrected chi connectivity index (χ2v) is 7.90. The van der Waals surface area contributed by atoms with Gasteiger partial charge >= 0.3 is 6.01 Å². The summed E-state index contributed by atoms with van der Waals surface area (Å²) in [6.07, 6.45) is 9.03. The van der Waals surface area contributed by atoms with Crippen LogP contribution >= 0.6 is 0 Å². The Kier molecular flexibility index (Phi) is 6.58. The summed E-state index contributed by atoms with van der Waals surface area (Å²) in [7, 11) is 3.06. The van der Waals surface area contributed by atoms with Gasteiger partial charge in [-0.05, 0) is 30.9 Å². The number of anilines is 1. The van der Waals surface area contributed by atoms with E-state index in [0.29, 0.717) is 34.9 Å². The fourth-order valence-corrected chi connectivity index (χ4v) is 4.00. The lowest BCUT2D eigenvalue weighted by molar-refractivity contribution is -0.118. The van der Waals surface area contributed by atoms with Crippen molar-refractivity contribution in [2.45, 2.75) is 38.6 Å². The molecule has 32 heavy (non-hydrogen) atoms. The predicted octanol–water partition coefficient (Wildman–Crippen LogP) is 2.00. The summed E-state index contributed by atoms with van der Waals surface area (Å²) in [5.74, 6) is 0.339. The van der Waals surface area contributed by atoms with Crippen LogP contribution in [-0.2, 0) is 11.3 Å². The van der Waals surface area contributed by atoms with Gasteiger partial charge in [0.1, 0.15) is 5.52 Å². The Balaban J connectivity index is 1.77. The Hall–Kier alpha value is -3.56. The average Bonchev–Trinajstić information content (AvgIpc) is 2.85. The van der Waals surface area contributed by atoms with Gasteiger partial charge in [0.25, 0.3) is 5.56 Å². The molecule has 2 N–H and O–H groups in total. The Morgan fingerprint density at radius 3 is 2.59 bits per heavy atom. The van der Waals surface area contributed by atoms with Crippen LogP contribution in [0.25, 0.3) is 22.4 Å². The first-order valence-electron chi connectivity index (χ1n) is 10.8. The number of hydrogen-bond acceptors (Lipinski definition) is 8. The lowest BCUT2D eigenvalue weighted by Gasteiger charge is -2.23. The fraction of sp³-hybridized carbons (Fsp3) is 0.455. The first kappa shape index (κ1) is 21.7. The molecule has 1 fully saturated rings. The van der Waals surface area contributed by atoms with Crippen LogP contribution in [0.2, 0.25) is 0 Å². The van der Waals surface area contributed by atoms with E-state index in [9.17, 15) is 9.59 Å². The molecule has 0 bridgehead atoms. The maximum absolute atomic E-state index is 13.3. The van der Waals surface area contributed by atoms with Gasteiger partial charge in [-0.2, -0.15) is 0 Å². The monoisotopic (exact) mass is 437 g/mol. The van der Waals surface area contributed by atoms with Crippen molar-refractivity contribution in [3.05, 3.63) is 34.9 Å². The zero-order valence-corrected chi connectivity index (χ0v) is 18.3. The Labute approximate surface area is 185 Å². The van der Waals surface area contributed by atoms with Gasteiger partial charge in [0.15, 0.2) is 11.5 Å². The van der Waals surface area contributed by atoms with Crippen LogP contribution in [0.4, 0.5) is 5.82 Å². The van der Waals surface area contributed by atoms with E-state index < -0.39 is 0 Å². The van der Waals surface area contributed by atoms with Crippen molar-refractivity contribution in [1.29, 1.82) is 0 Å². The number of ether oxygens (including phenoxy) is 1. The highest BCUT2D eigenvalue weighted by molar-refractivity contribution is 5.81. The zero-order valence-electron chi connectivity index (χ0n) is 18.3. The number of nitrogens with zero attached hydrogens (tertiary/aromatic N) is 5. The second-order valence-electron chi connectivity index (χ2n) is 7.90. The van der Waals surface area contributed by atoms with Crippen molar-refractivity contribution in [3.63, 3.8) is 0 Å². The van der Waals surface area contributed by atoms with E-state index in [1.54, 1.807) is 24.0 Å². The van der Waals surface area contributed by atoms with Gasteiger partial charge in [0.2, 0.25) is 5.91 Å². The minimum Gasteiger partial charge on any atom is -0.467 e. The summed E-state index contributed by atoms with van der Waals surface area (Å²) >= 11 is 0. The van der Waals surface area contributed by atoms with Crippen LogP contribution in [0, 0.1) is 5.92 Å². The number of pyridine rings is 1. The second kappa shape index (κ2) is 9.71. The fourth-order valence-electron chi connectivity index (χ4n) is 4.00. The molecule has 10 heteroatoms. The Morgan fingerprint density at radius 2 is 1.91 bits per heavy atom. The molecule has 0 atom stereocenters. The summed E-state index contributed by atoms with van der Waals surface area (Å²) in [6, 6.07) is 3.92. The quantitative estimate of drug-likeness (QED) is 0.575. The number of rotatable bonds is 7. The molecule has 0 unspecified atom stereocenters. The lowest BCUT2D eigenvalue weighted by atomic mass is 9.89. The van der Waals surface area contributed by atoms with Crippen LogP contribution < -0.4 is 20.9 Å². The number of fused-ring (bicyclic) bond motifs is 1. The highest BCUT2D eigenvalue weighted by Gasteiger charge is 2.19. The third-order valence-electron chi connectivity index (χ3n) is 5.76. The standard InChI is InChI=1S/C22H27N7O3/c1-23-18(30)12-24-19-21(31)29(13-14-6-4-3-5-7-14)20-17(27-19)9-8-16(28-20)15-10-25-22(32-2)26-11-15/h8-11,14H,3-7,12-13H2,1-2H3,(H,23,30)(H,24,27). The summed E-state index contributed by atoms with van der Waals surface area (Å²) < 4.78 is 6.72. The van der Waals surface area contributed by atoms with E-state index in [2.05, 4.69) is 25.6 Å². The predicted molar refractivity (Wildman–Crippen MR) is 121 cm³/mol. The summed E-state index contributed by atoms with van der Waals surface area (Å²) in [6.45, 7) is 0.546. The van der Waals surface area contributed by atoms with Gasteiger partial charge in [-0.3, -0.25) is 14.2 Å². The maximum Gasteiger partial charge on any atom is 0.316 e. The molecule has 0 radical (unpaired) electrons. The van der Waals surface area contributed by atoms with Crippen molar-refractivity contribution in [3.8, 4) is 17.3 Å². The summed E-state index contributed by atoms with van der Waals surface area (Å²) in [4.78, 5) is 42.5. The third-order valence-corrected chi connectivity index (χ3v) is 5.76. The largest absolute Gasteiger partial charge is 0.467 e. The highest BCUT2D eigenvalue weighted by atomic mass is 16.5. The van der Waals surface area contributed by atoms with Crippen molar-refractivity contribution in [1.82, 2.24) is 29.8 Å². The molecule has 3 aromatic heterocycles. The molecule has 10 nitrogen and oxygen atoms in total. The van der Waals surface area contributed by atoms with E-state index in [1.165, 1.54) is 26.4 Å². The minimum absolute atomic E-state index is 0.0254. The molecule has 1 saturated carbocycles. The minimum atomic E-state index is -0.275. The molecule has 1 aliphatic rings. The molecule has 3 aromatic rings. The van der Waals surface area contributed by atoms with Crippen molar-refractivity contribution in [2.75, 3.05) is 26.0 Å². The molecule has 0 spiro atoms. The van der Waals surface area contributed by atoms with E-state index in [-0.39, 0.29) is 29.8 Å². The number of likely N-dealkylation sites (N-methyl/N-ethyl adjacent to an activating group) is 1. The number of methoxy groups -OCH3 is 1. The molecule has 0 saturated heterocycles. The molecule has 3 heterocycles. The normalized spacial score (nSPS) is 14.3. The lowest BCUT2D eigenvalue weighted by Crippen LogP contribution is -2.32. The van der Waals surface area contributed by atoms with Gasteiger partial charge in [-0.1, -0.05) is 19.3 Å². The third kappa shape index (κ3) is 4.68. The van der Waals surface area contributed by atoms with Crippen LogP contribution in [0.5, 0.6) is 6.01 Å². The molecule has 0 aromatic carbocycles. The number of nitrogens with one attached hydrogen (secondary N) is 2. The number of hydrogen-bond donors (Lipinski definition) is 2. The molecular weight excluding hydrogens is 410 g/mol. The van der Waals surface area contributed by atoms with Gasteiger partial charge in [0, 0.05) is 31.5 Å². The van der Waals surface area contributed by atoms with E-state index in [4.69, 9.17) is 9.72 Å². The van der Waals surface area contributed by atoms with Gasteiger partial charge in [-0.25, -0.2) is 19.9 Å². The Bertz CT molecular complexity index is 1150. The topological polar surface area (TPSA) is 124 Å². The maximum atomic E-state index is 13.3. The Morgan fingerprint density at radius 1 is 1.16 bits per heavy atom. The SMILES string of the molecule is CNC(=O)CNc1nc2ccc(-c3cnc(OC)nc3)nc2n(CC2CCCCC2)c1=O. The van der Waals surface area contributed by atoms with Crippen LogP contribution in [0.15, 0.2) is 29.3 Å². The highest BCUT2D eigenvalue weighted by Crippen LogP contribution is 2.26. The molecule has 4 rings (SSSR count). The van der Waals surface area contributed by atoms with Gasteiger partial charge in [0.05, 0.1) is 19.3 Å². The molecule has 1 amide bonds. The molecular formula is C22H27N7O3. The average molecular weight is 438 g/mol. The number of carbonyl (C=O) groups excluding carboxylic acids is 1.